The summed E-state index contributed by atoms with van der Waals surface area (Å²) >= 11 is 0. The second-order valence-electron chi connectivity index (χ2n) is 11.1. The lowest BCUT2D eigenvalue weighted by Crippen LogP contribution is -2.53. The van der Waals surface area contributed by atoms with Crippen LogP contribution < -0.4 is 21.1 Å². The Labute approximate surface area is 270 Å². The van der Waals surface area contributed by atoms with E-state index in [-0.39, 0.29) is 24.6 Å². The summed E-state index contributed by atoms with van der Waals surface area (Å²) in [6.07, 6.45) is 5.58. The summed E-state index contributed by atoms with van der Waals surface area (Å²) in [4.78, 5) is 31.3. The van der Waals surface area contributed by atoms with Gasteiger partial charge in [-0.25, -0.2) is 13.1 Å². The summed E-state index contributed by atoms with van der Waals surface area (Å²) in [5.74, 6) is -1.28. The highest BCUT2D eigenvalue weighted by molar-refractivity contribution is 7.88. The van der Waals surface area contributed by atoms with Crippen LogP contribution in [0, 0.1) is 5.41 Å². The fraction of sp³-hybridized carbons (Fsp3) is 0.257. The van der Waals surface area contributed by atoms with Gasteiger partial charge in [0.05, 0.1) is 5.75 Å². The Hall–Kier alpha value is -4.87. The quantitative estimate of drug-likeness (QED) is 0.0873. The first kappa shape index (κ1) is 34.0. The Morgan fingerprint density at radius 3 is 1.96 bits per heavy atom. The van der Waals surface area contributed by atoms with Gasteiger partial charge in [0.15, 0.2) is 0 Å². The predicted octanol–water partition coefficient (Wildman–Crippen LogP) is 3.61. The van der Waals surface area contributed by atoms with Crippen LogP contribution >= 0.6 is 0 Å². The summed E-state index contributed by atoms with van der Waals surface area (Å²) in [6.45, 7) is 0.197. The number of rotatable bonds is 17. The van der Waals surface area contributed by atoms with Crippen LogP contribution in [-0.4, -0.2) is 43.1 Å². The normalized spacial score (nSPS) is 12.5. The Morgan fingerprint density at radius 2 is 1.33 bits per heavy atom. The third-order valence-corrected chi connectivity index (χ3v) is 8.83. The number of hydrogen-bond acceptors (Lipinski definition) is 6. The van der Waals surface area contributed by atoms with Gasteiger partial charge in [-0.2, -0.15) is 0 Å². The first-order valence-corrected chi connectivity index (χ1v) is 16.8. The first-order chi connectivity index (χ1) is 22.2. The van der Waals surface area contributed by atoms with E-state index in [0.29, 0.717) is 36.8 Å². The number of carbonyl (C=O) groups excluding carboxylic acids is 2. The van der Waals surface area contributed by atoms with E-state index in [0.717, 1.165) is 16.7 Å². The number of nitrogens with zero attached hydrogens (tertiary/aromatic N) is 1. The van der Waals surface area contributed by atoms with Gasteiger partial charge in [-0.15, -0.1) is 0 Å². The largest absolute Gasteiger partial charge is 0.384 e. The number of amides is 2. The van der Waals surface area contributed by atoms with E-state index in [1.54, 1.807) is 60.9 Å². The van der Waals surface area contributed by atoms with Gasteiger partial charge in [-0.05, 0) is 66.5 Å². The third-order valence-electron chi connectivity index (χ3n) is 7.47. The molecule has 4 rings (SSSR count). The molecule has 10 nitrogen and oxygen atoms in total. The number of aromatic nitrogens is 1. The molecule has 0 aliphatic heterocycles. The van der Waals surface area contributed by atoms with Gasteiger partial charge in [0.25, 0.3) is 0 Å². The molecule has 3 aromatic carbocycles. The van der Waals surface area contributed by atoms with Gasteiger partial charge in [0, 0.05) is 24.5 Å². The van der Waals surface area contributed by atoms with Crippen LogP contribution in [0.3, 0.4) is 0 Å². The molecule has 1 heterocycles. The SMILES string of the molecule is N=C(N)c1ccc(CNC(=O)[C@H](CCc2ccncc2)NC(=O)[C@@H](CCCc2ccccc2)NS(=O)(=O)Cc2ccccc2)cc1. The molecule has 2 atom stereocenters. The van der Waals surface area contributed by atoms with Crippen LogP contribution in [0.15, 0.2) is 109 Å². The van der Waals surface area contributed by atoms with E-state index in [2.05, 4.69) is 20.3 Å². The molecule has 1 aromatic heterocycles. The standard InChI is InChI=1S/C35H40N6O4S/c36-33(37)30-17-14-28(15-18-30)24-39-34(42)31(19-16-27-20-22-38-23-21-27)40-35(43)32(13-7-12-26-8-3-1-4-9-26)41-46(44,45)25-29-10-5-2-6-11-29/h1-6,8-11,14-15,17-18,20-23,31-32,41H,7,12-13,16,19,24-25H2,(H3,36,37)(H,39,42)(H,40,43)/t31-,32+/m0/s1. The molecule has 0 saturated heterocycles. The Bertz CT molecular complexity index is 1670. The van der Waals surface area contributed by atoms with E-state index in [1.165, 1.54) is 0 Å². The fourth-order valence-corrected chi connectivity index (χ4v) is 6.34. The molecule has 0 aliphatic rings. The summed E-state index contributed by atoms with van der Waals surface area (Å²) in [6, 6.07) is 27.2. The smallest absolute Gasteiger partial charge is 0.242 e. The van der Waals surface area contributed by atoms with Crippen LogP contribution in [-0.2, 0) is 44.8 Å². The average Bonchev–Trinajstić information content (AvgIpc) is 3.06. The maximum absolute atomic E-state index is 13.8. The molecular weight excluding hydrogens is 600 g/mol. The van der Waals surface area contributed by atoms with Gasteiger partial charge in [0.2, 0.25) is 21.8 Å². The lowest BCUT2D eigenvalue weighted by Gasteiger charge is -2.23. The lowest BCUT2D eigenvalue weighted by molar-refractivity contribution is -0.130. The number of nitrogens with one attached hydrogen (secondary N) is 4. The molecule has 0 unspecified atom stereocenters. The van der Waals surface area contributed by atoms with Crippen LogP contribution in [0.25, 0.3) is 0 Å². The number of sulfonamides is 1. The molecule has 2 amide bonds. The van der Waals surface area contributed by atoms with E-state index >= 15 is 0 Å². The molecule has 0 bridgehead atoms. The van der Waals surface area contributed by atoms with Crippen molar-refractivity contribution in [2.24, 2.45) is 5.73 Å². The predicted molar refractivity (Wildman–Crippen MR) is 179 cm³/mol. The van der Waals surface area contributed by atoms with Crippen molar-refractivity contribution in [2.75, 3.05) is 0 Å². The van der Waals surface area contributed by atoms with E-state index in [4.69, 9.17) is 11.1 Å². The monoisotopic (exact) mass is 640 g/mol. The highest BCUT2D eigenvalue weighted by Gasteiger charge is 2.28. The van der Waals surface area contributed by atoms with Crippen molar-refractivity contribution in [3.63, 3.8) is 0 Å². The van der Waals surface area contributed by atoms with Crippen molar-refractivity contribution in [3.05, 3.63) is 137 Å². The summed E-state index contributed by atoms with van der Waals surface area (Å²) in [7, 11) is -3.88. The van der Waals surface area contributed by atoms with Crippen LogP contribution in [0.2, 0.25) is 0 Å². The number of amidine groups is 1. The Kier molecular flexibility index (Phi) is 12.6. The van der Waals surface area contributed by atoms with E-state index < -0.39 is 33.9 Å². The number of aryl methyl sites for hydroxylation is 2. The summed E-state index contributed by atoms with van der Waals surface area (Å²) < 4.78 is 29.0. The zero-order valence-electron chi connectivity index (χ0n) is 25.6. The maximum atomic E-state index is 13.8. The van der Waals surface area contributed by atoms with E-state index in [1.807, 2.05) is 48.5 Å². The highest BCUT2D eigenvalue weighted by Crippen LogP contribution is 2.12. The van der Waals surface area contributed by atoms with Crippen molar-refractivity contribution in [2.45, 2.75) is 56.5 Å². The van der Waals surface area contributed by atoms with Crippen LogP contribution in [0.1, 0.15) is 47.1 Å². The third kappa shape index (κ3) is 11.2. The van der Waals surface area contributed by atoms with Crippen LogP contribution in [0.4, 0.5) is 0 Å². The number of pyridine rings is 1. The highest BCUT2D eigenvalue weighted by atomic mass is 32.2. The van der Waals surface area contributed by atoms with E-state index in [9.17, 15) is 18.0 Å². The number of carbonyl (C=O) groups is 2. The van der Waals surface area contributed by atoms with Crippen molar-refractivity contribution >= 4 is 27.7 Å². The van der Waals surface area contributed by atoms with Gasteiger partial charge in [-0.3, -0.25) is 20.0 Å². The molecule has 11 heteroatoms. The molecule has 6 N–H and O–H groups in total. The number of hydrogen-bond donors (Lipinski definition) is 5. The Balaban J connectivity index is 1.48. The molecule has 4 aromatic rings. The van der Waals surface area contributed by atoms with Crippen LogP contribution in [0.5, 0.6) is 0 Å². The van der Waals surface area contributed by atoms with Crippen molar-refractivity contribution in [3.8, 4) is 0 Å². The van der Waals surface area contributed by atoms with Gasteiger partial charge in [0.1, 0.15) is 17.9 Å². The second-order valence-corrected chi connectivity index (χ2v) is 12.8. The van der Waals surface area contributed by atoms with Crippen molar-refractivity contribution in [1.29, 1.82) is 5.41 Å². The van der Waals surface area contributed by atoms with Gasteiger partial charge >= 0.3 is 0 Å². The molecule has 240 valence electrons. The molecular formula is C35H40N6O4S. The minimum absolute atomic E-state index is 0.0489. The maximum Gasteiger partial charge on any atom is 0.242 e. The zero-order valence-corrected chi connectivity index (χ0v) is 26.4. The first-order valence-electron chi connectivity index (χ1n) is 15.2. The molecule has 0 fully saturated rings. The lowest BCUT2D eigenvalue weighted by atomic mass is 10.0. The fourth-order valence-electron chi connectivity index (χ4n) is 4.97. The molecule has 0 radical (unpaired) electrons. The molecule has 0 saturated carbocycles. The summed E-state index contributed by atoms with van der Waals surface area (Å²) in [5, 5.41) is 13.3. The average molecular weight is 641 g/mol. The molecule has 0 spiro atoms. The Morgan fingerprint density at radius 1 is 0.717 bits per heavy atom. The number of nitrogen functional groups attached to an aromatic ring is 1. The minimum Gasteiger partial charge on any atom is -0.384 e. The number of benzene rings is 3. The minimum atomic E-state index is -3.88. The summed E-state index contributed by atoms with van der Waals surface area (Å²) in [5.41, 5.74) is 9.55. The van der Waals surface area contributed by atoms with Gasteiger partial charge < -0.3 is 16.4 Å². The van der Waals surface area contributed by atoms with Crippen molar-refractivity contribution < 1.29 is 18.0 Å². The molecule has 0 aliphatic carbocycles. The zero-order chi connectivity index (χ0) is 32.8. The topological polar surface area (TPSA) is 167 Å². The number of nitrogens with two attached hydrogens (primary N) is 1. The molecule has 46 heavy (non-hydrogen) atoms. The van der Waals surface area contributed by atoms with Gasteiger partial charge in [-0.1, -0.05) is 84.9 Å². The van der Waals surface area contributed by atoms with Crippen molar-refractivity contribution in [1.82, 2.24) is 20.3 Å². The second kappa shape index (κ2) is 17.0.